The number of nitrogens with zero attached hydrogens (tertiary/aromatic N) is 1. The molecule has 178 valence electrons. The normalized spacial score (nSPS) is 12.6. The third-order valence-electron chi connectivity index (χ3n) is 5.32. The van der Waals surface area contributed by atoms with E-state index in [0.29, 0.717) is 29.8 Å². The van der Waals surface area contributed by atoms with Crippen molar-refractivity contribution in [3.8, 4) is 11.8 Å². The molecule has 0 saturated carbocycles. The molecule has 4 N–H and O–H groups in total. The van der Waals surface area contributed by atoms with Crippen LogP contribution in [0.1, 0.15) is 46.8 Å². The molecule has 8 heteroatoms. The summed E-state index contributed by atoms with van der Waals surface area (Å²) in [7, 11) is 0. The van der Waals surface area contributed by atoms with E-state index >= 15 is 0 Å². The van der Waals surface area contributed by atoms with Gasteiger partial charge in [0.2, 0.25) is 0 Å². The summed E-state index contributed by atoms with van der Waals surface area (Å²) in [6.07, 6.45) is 2.02. The Balaban J connectivity index is 1.67. The third-order valence-corrected chi connectivity index (χ3v) is 5.32. The lowest BCUT2D eigenvalue weighted by molar-refractivity contribution is -0.148. The van der Waals surface area contributed by atoms with Crippen molar-refractivity contribution in [1.82, 2.24) is 4.90 Å². The van der Waals surface area contributed by atoms with Crippen LogP contribution < -0.4 is 11.1 Å². The maximum Gasteiger partial charge on any atom is 0.332 e. The molecule has 1 saturated heterocycles. The van der Waals surface area contributed by atoms with E-state index in [0.717, 1.165) is 37.2 Å². The Morgan fingerprint density at radius 1 is 1.15 bits per heavy atom. The van der Waals surface area contributed by atoms with E-state index in [1.165, 1.54) is 0 Å². The van der Waals surface area contributed by atoms with Crippen LogP contribution in [0.15, 0.2) is 42.5 Å². The lowest BCUT2D eigenvalue weighted by Crippen LogP contribution is -2.28. The van der Waals surface area contributed by atoms with Crippen molar-refractivity contribution in [2.24, 2.45) is 5.73 Å². The topological polar surface area (TPSA) is 118 Å². The van der Waals surface area contributed by atoms with E-state index in [4.69, 9.17) is 20.6 Å². The van der Waals surface area contributed by atoms with E-state index in [1.54, 1.807) is 25.1 Å². The van der Waals surface area contributed by atoms with Crippen LogP contribution in [0.4, 0.5) is 5.69 Å². The first-order valence-electron chi connectivity index (χ1n) is 11.3. The summed E-state index contributed by atoms with van der Waals surface area (Å²) in [5, 5.41) is 10.6. The van der Waals surface area contributed by atoms with Crippen molar-refractivity contribution >= 4 is 23.4 Å². The van der Waals surface area contributed by atoms with Gasteiger partial charge >= 0.3 is 5.97 Å². The number of carbonyl (C=O) groups excluding carboxylic acids is 2. The second-order valence-electron chi connectivity index (χ2n) is 7.82. The van der Waals surface area contributed by atoms with Crippen LogP contribution in [0.2, 0.25) is 0 Å². The molecule has 1 heterocycles. The van der Waals surface area contributed by atoms with E-state index in [-0.39, 0.29) is 25.0 Å². The molecule has 1 aliphatic heterocycles. The first-order valence-corrected chi connectivity index (χ1v) is 11.3. The number of amidine groups is 1. The summed E-state index contributed by atoms with van der Waals surface area (Å²) >= 11 is 0. The Morgan fingerprint density at radius 2 is 1.88 bits per heavy atom. The zero-order chi connectivity index (χ0) is 24.3. The highest BCUT2D eigenvalue weighted by Gasteiger charge is 2.22. The van der Waals surface area contributed by atoms with Gasteiger partial charge in [-0.1, -0.05) is 11.8 Å². The summed E-state index contributed by atoms with van der Waals surface area (Å²) in [5.41, 5.74) is 9.02. The molecule has 0 unspecified atom stereocenters. The number of anilines is 1. The minimum Gasteiger partial charge on any atom is -0.464 e. The monoisotopic (exact) mass is 462 g/mol. The number of esters is 1. The van der Waals surface area contributed by atoms with Gasteiger partial charge in [-0.2, -0.15) is 0 Å². The molecule has 0 atom stereocenters. The molecule has 8 nitrogen and oxygen atoms in total. The number of hydrogen-bond acceptors (Lipinski definition) is 6. The Labute approximate surface area is 199 Å². The average molecular weight is 463 g/mol. The van der Waals surface area contributed by atoms with Crippen LogP contribution in [-0.2, 0) is 20.9 Å². The number of carbonyl (C=O) groups is 2. The van der Waals surface area contributed by atoms with E-state index in [1.807, 2.05) is 29.2 Å². The zero-order valence-electron chi connectivity index (χ0n) is 19.4. The average Bonchev–Trinajstić information content (AvgIpc) is 3.37. The van der Waals surface area contributed by atoms with E-state index in [9.17, 15) is 9.59 Å². The molecule has 1 amide bonds. The minimum atomic E-state index is -0.437. The number of nitrogens with two attached hydrogens (primary N) is 1. The summed E-state index contributed by atoms with van der Waals surface area (Å²) in [6, 6.07) is 12.7. The van der Waals surface area contributed by atoms with Crippen LogP contribution in [0.25, 0.3) is 0 Å². The number of rotatable bonds is 9. The van der Waals surface area contributed by atoms with Crippen molar-refractivity contribution < 1.29 is 19.1 Å². The standard InChI is InChI=1S/C26H30N4O4/c1-2-34-24(31)18-33-17-21-16-19(7-12-23(21)26(32)30-14-3-4-15-30)6-5-13-29-22-10-8-20(9-11-22)25(27)28/h7-12,16,29H,2-4,13-15,17-18H2,1H3,(H3,27,28). The zero-order valence-corrected chi connectivity index (χ0v) is 19.4. The number of nitrogens with one attached hydrogen (secondary N) is 2. The molecule has 34 heavy (non-hydrogen) atoms. The highest BCUT2D eigenvalue weighted by molar-refractivity contribution is 5.96. The fourth-order valence-corrected chi connectivity index (χ4v) is 3.60. The molecule has 0 aliphatic carbocycles. The summed E-state index contributed by atoms with van der Waals surface area (Å²) < 4.78 is 10.4. The van der Waals surface area contributed by atoms with Crippen molar-refractivity contribution in [2.45, 2.75) is 26.4 Å². The minimum absolute atomic E-state index is 0.0255. The summed E-state index contributed by atoms with van der Waals surface area (Å²) in [4.78, 5) is 26.4. The quantitative estimate of drug-likeness (QED) is 0.228. The SMILES string of the molecule is CCOC(=O)COCc1cc(C#CCNc2ccc(C(=N)N)cc2)ccc1C(=O)N1CCCC1. The van der Waals surface area contributed by atoms with Crippen molar-refractivity contribution in [2.75, 3.05) is 38.2 Å². The molecule has 2 aromatic carbocycles. The number of nitrogen functional groups attached to an aromatic ring is 1. The van der Waals surface area contributed by atoms with Gasteiger partial charge in [-0.05, 0) is 67.8 Å². The Bertz CT molecular complexity index is 1080. The number of hydrogen-bond donors (Lipinski definition) is 3. The first kappa shape index (κ1) is 24.8. The molecule has 0 bridgehead atoms. The van der Waals surface area contributed by atoms with Gasteiger partial charge in [-0.15, -0.1) is 0 Å². The second-order valence-corrected chi connectivity index (χ2v) is 7.82. The van der Waals surface area contributed by atoms with Gasteiger partial charge in [0.25, 0.3) is 5.91 Å². The predicted octanol–water partition coefficient (Wildman–Crippen LogP) is 2.75. The highest BCUT2D eigenvalue weighted by Crippen LogP contribution is 2.19. The third kappa shape index (κ3) is 7.09. The van der Waals surface area contributed by atoms with Gasteiger partial charge < -0.3 is 25.4 Å². The van der Waals surface area contributed by atoms with Gasteiger partial charge in [0.1, 0.15) is 12.4 Å². The van der Waals surface area contributed by atoms with E-state index < -0.39 is 5.97 Å². The van der Waals surface area contributed by atoms with Crippen LogP contribution >= 0.6 is 0 Å². The first-order chi connectivity index (χ1) is 16.5. The fourth-order valence-electron chi connectivity index (χ4n) is 3.60. The van der Waals surface area contributed by atoms with Gasteiger partial charge in [0, 0.05) is 35.5 Å². The van der Waals surface area contributed by atoms with Crippen LogP contribution in [0.3, 0.4) is 0 Å². The summed E-state index contributed by atoms with van der Waals surface area (Å²) in [5.74, 6) is 5.74. The van der Waals surface area contributed by atoms with Crippen LogP contribution in [-0.4, -0.2) is 55.5 Å². The second kappa shape index (κ2) is 12.4. The Morgan fingerprint density at radius 3 is 2.56 bits per heavy atom. The molecule has 1 fully saturated rings. The van der Waals surface area contributed by atoms with Crippen LogP contribution in [0.5, 0.6) is 0 Å². The van der Waals surface area contributed by atoms with Gasteiger partial charge in [-0.3, -0.25) is 10.2 Å². The van der Waals surface area contributed by atoms with Crippen molar-refractivity contribution in [1.29, 1.82) is 5.41 Å². The molecule has 0 spiro atoms. The largest absolute Gasteiger partial charge is 0.464 e. The lowest BCUT2D eigenvalue weighted by Gasteiger charge is -2.18. The molecular weight excluding hydrogens is 432 g/mol. The molecule has 0 radical (unpaired) electrons. The van der Waals surface area contributed by atoms with Gasteiger partial charge in [-0.25, -0.2) is 4.79 Å². The predicted molar refractivity (Wildman–Crippen MR) is 131 cm³/mol. The van der Waals surface area contributed by atoms with E-state index in [2.05, 4.69) is 17.2 Å². The van der Waals surface area contributed by atoms with Crippen molar-refractivity contribution in [3.05, 3.63) is 64.7 Å². The maximum absolute atomic E-state index is 13.0. The van der Waals surface area contributed by atoms with Crippen LogP contribution in [0, 0.1) is 17.3 Å². The number of likely N-dealkylation sites (tertiary alicyclic amines) is 1. The molecular formula is C26H30N4O4. The number of amides is 1. The highest BCUT2D eigenvalue weighted by atomic mass is 16.6. The maximum atomic E-state index is 13.0. The fraction of sp³-hybridized carbons (Fsp3) is 0.346. The Hall–Kier alpha value is -3.83. The summed E-state index contributed by atoms with van der Waals surface area (Å²) in [6.45, 7) is 3.90. The molecule has 3 rings (SSSR count). The Kier molecular flexibility index (Phi) is 9.06. The lowest BCUT2D eigenvalue weighted by atomic mass is 10.0. The smallest absolute Gasteiger partial charge is 0.332 e. The van der Waals surface area contributed by atoms with Crippen molar-refractivity contribution in [3.63, 3.8) is 0 Å². The molecule has 0 aromatic heterocycles. The molecule has 2 aromatic rings. The van der Waals surface area contributed by atoms with Gasteiger partial charge in [0.05, 0.1) is 19.8 Å². The number of ether oxygens (including phenoxy) is 2. The van der Waals surface area contributed by atoms with Gasteiger partial charge in [0.15, 0.2) is 0 Å². The molecule has 1 aliphatic rings. The number of benzene rings is 2.